The van der Waals surface area contributed by atoms with E-state index in [0.29, 0.717) is 33.9 Å². The van der Waals surface area contributed by atoms with Crippen LogP contribution in [0.3, 0.4) is 0 Å². The molecular formula is C18H17NO5. The van der Waals surface area contributed by atoms with Gasteiger partial charge in [-0.05, 0) is 31.2 Å². The molecule has 0 radical (unpaired) electrons. The zero-order valence-electron chi connectivity index (χ0n) is 13.6. The molecule has 1 aliphatic heterocycles. The van der Waals surface area contributed by atoms with E-state index in [9.17, 15) is 9.59 Å². The molecule has 1 N–H and O–H groups in total. The maximum absolute atomic E-state index is 12.2. The Hall–Kier alpha value is -3.02. The van der Waals surface area contributed by atoms with Crippen LogP contribution in [0.1, 0.15) is 39.4 Å². The predicted molar refractivity (Wildman–Crippen MR) is 87.8 cm³/mol. The Kier molecular flexibility index (Phi) is 4.12. The summed E-state index contributed by atoms with van der Waals surface area (Å²) in [6.45, 7) is 1.50. The van der Waals surface area contributed by atoms with Gasteiger partial charge in [-0.3, -0.25) is 4.79 Å². The van der Waals surface area contributed by atoms with Crippen LogP contribution in [-0.4, -0.2) is 26.0 Å². The fourth-order valence-corrected chi connectivity index (χ4v) is 2.69. The first-order valence-corrected chi connectivity index (χ1v) is 7.38. The molecule has 0 spiro atoms. The number of hydrogen-bond donors (Lipinski definition) is 1. The Balaban J connectivity index is 1.95. The van der Waals surface area contributed by atoms with Crippen molar-refractivity contribution in [2.45, 2.75) is 13.2 Å². The number of nitrogens with one attached hydrogen (secondary N) is 1. The summed E-state index contributed by atoms with van der Waals surface area (Å²) in [5, 5.41) is 3.12. The van der Waals surface area contributed by atoms with Crippen molar-refractivity contribution < 1.29 is 23.8 Å². The van der Waals surface area contributed by atoms with Crippen LogP contribution in [-0.2, 0) is 4.74 Å². The van der Waals surface area contributed by atoms with Crippen molar-refractivity contribution in [1.82, 2.24) is 0 Å². The smallest absolute Gasteiger partial charge is 0.344 e. The topological polar surface area (TPSA) is 73.9 Å². The fraction of sp³-hybridized carbons (Fsp3) is 0.222. The summed E-state index contributed by atoms with van der Waals surface area (Å²) in [5.74, 6) is 0.295. The normalized spacial score (nSPS) is 15.5. The maximum atomic E-state index is 12.2. The Bertz CT molecular complexity index is 815. The van der Waals surface area contributed by atoms with E-state index in [4.69, 9.17) is 14.2 Å². The third kappa shape index (κ3) is 2.67. The lowest BCUT2D eigenvalue weighted by Gasteiger charge is -2.15. The average molecular weight is 327 g/mol. The van der Waals surface area contributed by atoms with Gasteiger partial charge in [0.25, 0.3) is 0 Å². The van der Waals surface area contributed by atoms with Gasteiger partial charge in [-0.15, -0.1) is 0 Å². The van der Waals surface area contributed by atoms with E-state index in [0.717, 1.165) is 0 Å². The van der Waals surface area contributed by atoms with Gasteiger partial charge in [0.05, 0.1) is 14.2 Å². The van der Waals surface area contributed by atoms with Gasteiger partial charge in [0.2, 0.25) is 6.23 Å². The molecule has 6 heteroatoms. The highest BCUT2D eigenvalue weighted by molar-refractivity contribution is 5.98. The van der Waals surface area contributed by atoms with Gasteiger partial charge in [-0.1, -0.05) is 12.1 Å². The summed E-state index contributed by atoms with van der Waals surface area (Å²) in [6, 6.07) is 10.5. The zero-order chi connectivity index (χ0) is 17.3. The second-order valence-corrected chi connectivity index (χ2v) is 5.33. The molecule has 0 aromatic heterocycles. The second kappa shape index (κ2) is 6.23. The van der Waals surface area contributed by atoms with Crippen molar-refractivity contribution in [3.05, 3.63) is 53.1 Å². The van der Waals surface area contributed by atoms with Gasteiger partial charge >= 0.3 is 5.97 Å². The van der Waals surface area contributed by atoms with E-state index in [1.165, 1.54) is 21.1 Å². The highest BCUT2D eigenvalue weighted by atomic mass is 16.6. The molecule has 0 bridgehead atoms. The lowest BCUT2D eigenvalue weighted by Crippen LogP contribution is -2.10. The minimum Gasteiger partial charge on any atom is -0.493 e. The van der Waals surface area contributed by atoms with Crippen molar-refractivity contribution in [2.75, 3.05) is 19.5 Å². The second-order valence-electron chi connectivity index (χ2n) is 5.33. The number of anilines is 1. The quantitative estimate of drug-likeness (QED) is 0.671. The molecule has 0 fully saturated rings. The number of carbonyl (C=O) groups is 2. The third-order valence-corrected chi connectivity index (χ3v) is 3.86. The Labute approximate surface area is 139 Å². The molecule has 0 saturated carbocycles. The number of Topliss-reactive ketones (excluding diaryl/α,β-unsaturated/α-hetero) is 1. The molecule has 1 heterocycles. The summed E-state index contributed by atoms with van der Waals surface area (Å²) in [7, 11) is 2.98. The summed E-state index contributed by atoms with van der Waals surface area (Å²) in [5.41, 5.74) is 2.27. The largest absolute Gasteiger partial charge is 0.493 e. The third-order valence-electron chi connectivity index (χ3n) is 3.86. The van der Waals surface area contributed by atoms with Gasteiger partial charge in [-0.2, -0.15) is 0 Å². The van der Waals surface area contributed by atoms with Crippen molar-refractivity contribution in [1.29, 1.82) is 0 Å². The first-order chi connectivity index (χ1) is 11.5. The molecule has 0 amide bonds. The molecule has 6 nitrogen and oxygen atoms in total. The van der Waals surface area contributed by atoms with E-state index >= 15 is 0 Å². The predicted octanol–water partition coefficient (Wildman–Crippen LogP) is 3.19. The molecule has 0 unspecified atom stereocenters. The summed E-state index contributed by atoms with van der Waals surface area (Å²) in [4.78, 5) is 23.7. The maximum Gasteiger partial charge on any atom is 0.344 e. The van der Waals surface area contributed by atoms with Crippen molar-refractivity contribution in [3.63, 3.8) is 0 Å². The van der Waals surface area contributed by atoms with Crippen LogP contribution in [0.2, 0.25) is 0 Å². The molecule has 124 valence electrons. The van der Waals surface area contributed by atoms with E-state index in [2.05, 4.69) is 5.32 Å². The number of rotatable bonds is 5. The van der Waals surface area contributed by atoms with Crippen LogP contribution in [0.4, 0.5) is 5.69 Å². The Morgan fingerprint density at radius 1 is 1.17 bits per heavy atom. The minimum absolute atomic E-state index is 0.0335. The zero-order valence-corrected chi connectivity index (χ0v) is 13.6. The first-order valence-electron chi connectivity index (χ1n) is 7.38. The molecule has 3 rings (SSSR count). The SMILES string of the molecule is COc1ccc2c(c1OC)C(=O)O[C@H]2Nc1cccc(C(C)=O)c1. The van der Waals surface area contributed by atoms with Gasteiger partial charge in [0.15, 0.2) is 17.3 Å². The fourth-order valence-electron chi connectivity index (χ4n) is 2.69. The van der Waals surface area contributed by atoms with E-state index in [1.807, 2.05) is 0 Å². The van der Waals surface area contributed by atoms with Crippen LogP contribution in [0.5, 0.6) is 11.5 Å². The van der Waals surface area contributed by atoms with E-state index < -0.39 is 12.2 Å². The summed E-state index contributed by atoms with van der Waals surface area (Å²) in [6.07, 6.45) is -0.658. The van der Waals surface area contributed by atoms with Crippen LogP contribution in [0.25, 0.3) is 0 Å². The van der Waals surface area contributed by atoms with Crippen LogP contribution in [0.15, 0.2) is 36.4 Å². The summed E-state index contributed by atoms with van der Waals surface area (Å²) < 4.78 is 15.9. The van der Waals surface area contributed by atoms with Crippen molar-refractivity contribution in [2.24, 2.45) is 0 Å². The standard InChI is InChI=1S/C18H17NO5/c1-10(20)11-5-4-6-12(9-11)19-17-13-7-8-14(22-2)16(23-3)15(13)18(21)24-17/h4-9,17,19H,1-3H3/t17-/m1/s1. The number of fused-ring (bicyclic) bond motifs is 1. The molecule has 1 atom stereocenters. The molecule has 0 saturated heterocycles. The lowest BCUT2D eigenvalue weighted by molar-refractivity contribution is 0.0435. The van der Waals surface area contributed by atoms with Crippen molar-refractivity contribution >= 4 is 17.4 Å². The number of cyclic esters (lactones) is 1. The average Bonchev–Trinajstić information content (AvgIpc) is 2.90. The molecule has 2 aromatic rings. The highest BCUT2D eigenvalue weighted by Gasteiger charge is 2.35. The number of methoxy groups -OCH3 is 2. The van der Waals surface area contributed by atoms with E-state index in [-0.39, 0.29) is 5.78 Å². The molecular weight excluding hydrogens is 310 g/mol. The lowest BCUT2D eigenvalue weighted by atomic mass is 10.1. The van der Waals surface area contributed by atoms with Gasteiger partial charge in [0.1, 0.15) is 5.56 Å². The van der Waals surface area contributed by atoms with Gasteiger partial charge < -0.3 is 19.5 Å². The summed E-state index contributed by atoms with van der Waals surface area (Å²) >= 11 is 0. The number of hydrogen-bond acceptors (Lipinski definition) is 6. The molecule has 1 aliphatic rings. The first kappa shape index (κ1) is 15.9. The molecule has 24 heavy (non-hydrogen) atoms. The monoisotopic (exact) mass is 327 g/mol. The van der Waals surface area contributed by atoms with Crippen LogP contribution >= 0.6 is 0 Å². The van der Waals surface area contributed by atoms with Gasteiger partial charge in [0, 0.05) is 16.8 Å². The Morgan fingerprint density at radius 2 is 1.96 bits per heavy atom. The van der Waals surface area contributed by atoms with Crippen molar-refractivity contribution in [3.8, 4) is 11.5 Å². The number of benzene rings is 2. The highest BCUT2D eigenvalue weighted by Crippen LogP contribution is 2.42. The van der Waals surface area contributed by atoms with Crippen LogP contribution in [0, 0.1) is 0 Å². The minimum atomic E-state index is -0.658. The molecule has 2 aromatic carbocycles. The van der Waals surface area contributed by atoms with Crippen LogP contribution < -0.4 is 14.8 Å². The molecule has 0 aliphatic carbocycles. The van der Waals surface area contributed by atoms with E-state index in [1.54, 1.807) is 36.4 Å². The number of ketones is 1. The Morgan fingerprint density at radius 3 is 2.62 bits per heavy atom. The number of ether oxygens (including phenoxy) is 3. The number of esters is 1. The number of carbonyl (C=O) groups excluding carboxylic acids is 2. The van der Waals surface area contributed by atoms with Gasteiger partial charge in [-0.25, -0.2) is 4.79 Å².